The van der Waals surface area contributed by atoms with Crippen molar-refractivity contribution < 1.29 is 51.7 Å². The number of aliphatic carboxylic acids is 1. The van der Waals surface area contributed by atoms with E-state index in [-0.39, 0.29) is 37.2 Å². The molecule has 2 amide bonds. The van der Waals surface area contributed by atoms with Gasteiger partial charge in [-0.3, -0.25) is 29.3 Å². The predicted octanol–water partition coefficient (Wildman–Crippen LogP) is 7.70. The summed E-state index contributed by atoms with van der Waals surface area (Å²) in [6, 6.07) is 5.37. The van der Waals surface area contributed by atoms with E-state index in [9.17, 15) is 33.1 Å². The summed E-state index contributed by atoms with van der Waals surface area (Å²) in [6.07, 6.45) is -2.64. The second kappa shape index (κ2) is 20.7. The lowest BCUT2D eigenvalue weighted by atomic mass is 9.84. The Morgan fingerprint density at radius 3 is 2.37 bits per heavy atom. The predicted molar refractivity (Wildman–Crippen MR) is 251 cm³/mol. The second-order valence-corrected chi connectivity index (χ2v) is 20.6. The van der Waals surface area contributed by atoms with Crippen LogP contribution >= 0.6 is 11.3 Å². The number of carbonyl (C=O) groups is 4. The van der Waals surface area contributed by atoms with E-state index in [1.165, 1.54) is 43.2 Å². The monoisotopic (exact) mass is 968 g/mol. The second-order valence-electron chi connectivity index (χ2n) is 19.7. The Morgan fingerprint density at radius 2 is 1.74 bits per heavy atom. The van der Waals surface area contributed by atoms with Crippen molar-refractivity contribution in [2.75, 3.05) is 51.3 Å². The molecule has 7 rings (SSSR count). The molecule has 4 aromatic rings. The number of nitrogens with zero attached hydrogens (tertiary/aromatic N) is 6. The van der Waals surface area contributed by atoms with E-state index in [1.54, 1.807) is 57.5 Å². The number of halogens is 3. The number of benzene rings is 1. The summed E-state index contributed by atoms with van der Waals surface area (Å²) in [4.78, 5) is 65.4. The maximum absolute atomic E-state index is 16.6. The molecule has 0 bridgehead atoms. The molecule has 3 unspecified atom stereocenters. The number of carboxylic acids is 1. The van der Waals surface area contributed by atoms with Crippen LogP contribution in [0.2, 0.25) is 0 Å². The van der Waals surface area contributed by atoms with Gasteiger partial charge in [0.15, 0.2) is 0 Å². The van der Waals surface area contributed by atoms with E-state index < -0.39 is 65.9 Å². The Bertz CT molecular complexity index is 2480. The van der Waals surface area contributed by atoms with Crippen molar-refractivity contribution in [3.05, 3.63) is 52.1 Å². The largest absolute Gasteiger partial charge is 0.480 e. The highest BCUT2D eigenvalue weighted by Crippen LogP contribution is 2.45. The molecular formula is C48H63F3N8O8S. The molecule has 3 N–H and O–H groups in total. The maximum atomic E-state index is 16.6. The number of alkyl halides is 3. The van der Waals surface area contributed by atoms with Crippen LogP contribution in [0.4, 0.5) is 23.7 Å². The minimum absolute atomic E-state index is 0.0104. The zero-order valence-corrected chi connectivity index (χ0v) is 40.8. The zero-order valence-electron chi connectivity index (χ0n) is 39.9. The van der Waals surface area contributed by atoms with Gasteiger partial charge in [0, 0.05) is 86.5 Å². The number of hydrazine groups is 1. The minimum atomic E-state index is -3.40. The average Bonchev–Trinajstić information content (AvgIpc) is 3.97. The van der Waals surface area contributed by atoms with Crippen molar-refractivity contribution in [2.24, 2.45) is 5.41 Å². The number of nitrogens with one attached hydrogen (secondary N) is 2. The number of fused-ring (bicyclic) bond motifs is 1. The fourth-order valence-electron chi connectivity index (χ4n) is 8.93. The number of carbonyl (C=O) groups excluding carboxylic acids is 3. The lowest BCUT2D eigenvalue weighted by molar-refractivity contribution is -0.148. The molecule has 0 radical (unpaired) electrons. The van der Waals surface area contributed by atoms with E-state index in [4.69, 9.17) is 24.2 Å². The molecule has 2 saturated heterocycles. The highest BCUT2D eigenvalue weighted by atomic mass is 32.1. The molecule has 4 atom stereocenters. The number of carboxylic acid groups (broad SMARTS) is 1. The summed E-state index contributed by atoms with van der Waals surface area (Å²) >= 11 is 1.22. The number of piperazine rings is 1. The van der Waals surface area contributed by atoms with Gasteiger partial charge < -0.3 is 34.1 Å². The van der Waals surface area contributed by atoms with Crippen molar-refractivity contribution >= 4 is 51.9 Å². The number of esters is 1. The molecule has 5 heterocycles. The van der Waals surface area contributed by atoms with Gasteiger partial charge in [-0.15, -0.1) is 11.3 Å². The van der Waals surface area contributed by atoms with Crippen molar-refractivity contribution in [1.29, 1.82) is 0 Å². The van der Waals surface area contributed by atoms with Crippen LogP contribution in [0.5, 0.6) is 0 Å². The molecule has 370 valence electrons. The van der Waals surface area contributed by atoms with Crippen LogP contribution in [-0.2, 0) is 41.4 Å². The first-order valence-corrected chi connectivity index (χ1v) is 24.0. The van der Waals surface area contributed by atoms with Crippen molar-refractivity contribution in [3.63, 3.8) is 0 Å². The number of alkyl carbamates (subject to hydrolysis) is 1. The van der Waals surface area contributed by atoms with Gasteiger partial charge in [-0.25, -0.2) is 28.4 Å². The van der Waals surface area contributed by atoms with Crippen LogP contribution in [0.1, 0.15) is 103 Å². The summed E-state index contributed by atoms with van der Waals surface area (Å²) in [5.41, 5.74) is 4.70. The molecule has 1 aromatic carbocycles. The molecular weight excluding hydrogens is 906 g/mol. The molecule has 2 aliphatic heterocycles. The van der Waals surface area contributed by atoms with Crippen LogP contribution in [0.25, 0.3) is 33.4 Å². The number of thiazole rings is 1. The Labute approximate surface area is 398 Å². The third-order valence-corrected chi connectivity index (χ3v) is 13.4. The summed E-state index contributed by atoms with van der Waals surface area (Å²) in [5.74, 6) is -2.17. The van der Waals surface area contributed by atoms with Crippen LogP contribution in [0.3, 0.4) is 0 Å². The molecule has 20 heteroatoms. The number of aromatic nitrogens is 3. The van der Waals surface area contributed by atoms with Gasteiger partial charge in [-0.1, -0.05) is 19.9 Å². The van der Waals surface area contributed by atoms with Crippen LogP contribution in [0, 0.1) is 5.41 Å². The average molecular weight is 969 g/mol. The quantitative estimate of drug-likeness (QED) is 0.0878. The Kier molecular flexibility index (Phi) is 15.4. The fraction of sp³-hybridized carbons (Fsp3) is 0.583. The standard InChI is InChI=1S/C48H63F3N8O8S/c1-27(65-8)40-33(21-31(24-52-40)57-18-16-56(17-19-57)30-12-13-30)41-34(23-48(6,7)26-66-28(2)60)32-20-29(11-14-38(32)59(41)43(51)42(49)50)37-25-68-39(53-37)22-36(54-46(64)67-47(3,4)5)44(61)58-15-9-10-35(55-58)45(62)63/h11,14,20-21,24-25,27,30,35-36,42-43,55H,9-10,12-13,15-19,22-23,26H2,1-8H3,(H,54,64)(H,62,63)/t27-,35?,36?,43?/m0/s1. The Hall–Kier alpha value is -5.31. The fourth-order valence-corrected chi connectivity index (χ4v) is 9.78. The SMILES string of the molecule is CO[C@@H](C)c1ncc(N2CCN(C3CC3)CC2)cc1-c1c(CC(C)(C)COC(C)=O)c2cc(-c3csc(CC(NC(=O)OC(C)(C)C)C(=O)N4CCCC(C(=O)O)N4)n3)ccc2n1C(F)C(F)F. The first-order valence-electron chi connectivity index (χ1n) is 23.1. The highest BCUT2D eigenvalue weighted by Gasteiger charge is 2.37. The van der Waals surface area contributed by atoms with Gasteiger partial charge in [-0.05, 0) is 83.6 Å². The summed E-state index contributed by atoms with van der Waals surface area (Å²) in [5, 5.41) is 16.2. The van der Waals surface area contributed by atoms with Crippen molar-refractivity contribution in [1.82, 2.24) is 35.2 Å². The number of methoxy groups -OCH3 is 1. The molecule has 16 nitrogen and oxygen atoms in total. The number of rotatable bonds is 17. The zero-order chi connectivity index (χ0) is 49.2. The number of anilines is 1. The van der Waals surface area contributed by atoms with E-state index in [1.807, 2.05) is 19.9 Å². The first-order chi connectivity index (χ1) is 32.1. The Morgan fingerprint density at radius 1 is 1.01 bits per heavy atom. The lowest BCUT2D eigenvalue weighted by Gasteiger charge is -2.36. The molecule has 3 fully saturated rings. The molecule has 3 aromatic heterocycles. The third kappa shape index (κ3) is 11.9. The van der Waals surface area contributed by atoms with E-state index in [2.05, 4.69) is 20.5 Å². The number of amides is 2. The van der Waals surface area contributed by atoms with Gasteiger partial charge in [-0.2, -0.15) is 0 Å². The molecule has 1 saturated carbocycles. The van der Waals surface area contributed by atoms with Gasteiger partial charge >= 0.3 is 18.0 Å². The van der Waals surface area contributed by atoms with E-state index >= 15 is 4.39 Å². The summed E-state index contributed by atoms with van der Waals surface area (Å²) in [6.45, 7) is 15.3. The highest BCUT2D eigenvalue weighted by molar-refractivity contribution is 7.10. The molecule has 0 spiro atoms. The molecule has 1 aliphatic carbocycles. The smallest absolute Gasteiger partial charge is 0.408 e. The maximum Gasteiger partial charge on any atom is 0.408 e. The summed E-state index contributed by atoms with van der Waals surface area (Å²) < 4.78 is 64.3. The van der Waals surface area contributed by atoms with Gasteiger partial charge in [0.2, 0.25) is 6.30 Å². The molecule has 68 heavy (non-hydrogen) atoms. The lowest BCUT2D eigenvalue weighted by Crippen LogP contribution is -2.60. The molecule has 3 aliphatic rings. The van der Waals surface area contributed by atoms with Crippen LogP contribution in [0.15, 0.2) is 35.8 Å². The number of hydrogen-bond donors (Lipinski definition) is 3. The van der Waals surface area contributed by atoms with Crippen molar-refractivity contribution in [2.45, 2.75) is 130 Å². The van der Waals surface area contributed by atoms with Gasteiger partial charge in [0.1, 0.15) is 17.7 Å². The van der Waals surface area contributed by atoms with Gasteiger partial charge in [0.25, 0.3) is 12.3 Å². The van der Waals surface area contributed by atoms with Crippen LogP contribution in [-0.4, -0.2) is 130 Å². The van der Waals surface area contributed by atoms with Crippen LogP contribution < -0.4 is 15.6 Å². The van der Waals surface area contributed by atoms with E-state index in [0.29, 0.717) is 57.4 Å². The number of hydrogen-bond acceptors (Lipinski definition) is 13. The van der Waals surface area contributed by atoms with Crippen molar-refractivity contribution in [3.8, 4) is 22.5 Å². The Balaban J connectivity index is 1.33. The van der Waals surface area contributed by atoms with Gasteiger partial charge in [0.05, 0.1) is 52.2 Å². The number of ether oxygens (including phenoxy) is 3. The first kappa shape index (κ1) is 50.6. The normalized spacial score (nSPS) is 18.7. The van der Waals surface area contributed by atoms with E-state index in [0.717, 1.165) is 36.4 Å². The topological polar surface area (TPSA) is 181 Å². The summed E-state index contributed by atoms with van der Waals surface area (Å²) in [7, 11) is 1.52. The third-order valence-electron chi connectivity index (χ3n) is 12.5. The minimum Gasteiger partial charge on any atom is -0.480 e. The number of pyridine rings is 1.